The Morgan fingerprint density at radius 1 is 0.923 bits per heavy atom. The van der Waals surface area contributed by atoms with E-state index in [1.165, 1.54) is 0 Å². The lowest BCUT2D eigenvalue weighted by molar-refractivity contribution is -0.0438. The van der Waals surface area contributed by atoms with E-state index in [1.807, 2.05) is 64.4 Å². The number of rotatable bonds is 10. The third kappa shape index (κ3) is 5.60. The van der Waals surface area contributed by atoms with Crippen LogP contribution in [0.1, 0.15) is 44.1 Å². The minimum atomic E-state index is -1.21. The number of benzene rings is 2. The lowest BCUT2D eigenvalue weighted by Gasteiger charge is -2.45. The molecule has 0 saturated carbocycles. The zero-order valence-corrected chi connectivity index (χ0v) is 22.7. The minimum absolute atomic E-state index is 0.00269. The second-order valence-electron chi connectivity index (χ2n) is 10.9. The first-order valence-electron chi connectivity index (χ1n) is 14.0. The number of nitrogens with zero attached hydrogens (tertiary/aromatic N) is 2. The summed E-state index contributed by atoms with van der Waals surface area (Å²) >= 11 is 0. The average molecular weight is 534 g/mol. The molecule has 0 unspecified atom stereocenters. The van der Waals surface area contributed by atoms with Gasteiger partial charge in [0.25, 0.3) is 10.9 Å². The van der Waals surface area contributed by atoms with Crippen molar-refractivity contribution in [3.05, 3.63) is 80.6 Å². The molecule has 0 aliphatic carbocycles. The van der Waals surface area contributed by atoms with Crippen LogP contribution >= 0.6 is 0 Å². The minimum Gasteiger partial charge on any atom is -0.457 e. The molecule has 0 radical (unpaired) electrons. The van der Waals surface area contributed by atoms with E-state index in [-0.39, 0.29) is 12.0 Å². The van der Waals surface area contributed by atoms with Crippen molar-refractivity contribution < 1.29 is 14.6 Å². The summed E-state index contributed by atoms with van der Waals surface area (Å²) in [5.41, 5.74) is 5.85. The quantitative estimate of drug-likeness (QED) is 0.301. The molecule has 3 aromatic carbocycles. The van der Waals surface area contributed by atoms with Gasteiger partial charge >= 0.3 is 0 Å². The third-order valence-corrected chi connectivity index (χ3v) is 8.28. The van der Waals surface area contributed by atoms with Crippen molar-refractivity contribution in [2.75, 3.05) is 49.7 Å². The van der Waals surface area contributed by atoms with Crippen molar-refractivity contribution in [1.82, 2.24) is 0 Å². The molecule has 2 heterocycles. The normalized spacial score (nSPS) is 21.6. The highest BCUT2D eigenvalue weighted by atomic mass is 16.5. The molecule has 0 bridgehead atoms. The van der Waals surface area contributed by atoms with E-state index in [0.717, 1.165) is 37.8 Å². The van der Waals surface area contributed by atoms with Gasteiger partial charge in [0.05, 0.1) is 5.60 Å². The van der Waals surface area contributed by atoms with E-state index in [2.05, 4.69) is 0 Å². The molecule has 5 rings (SSSR count). The van der Waals surface area contributed by atoms with Gasteiger partial charge in [-0.05, 0) is 56.7 Å². The number of piperidine rings is 2. The predicted octanol–water partition coefficient (Wildman–Crippen LogP) is 3.53. The number of hydrogen-bond donors (Lipinski definition) is 2. The van der Waals surface area contributed by atoms with E-state index >= 15 is 0 Å². The predicted molar refractivity (Wildman–Crippen MR) is 154 cm³/mol. The Morgan fingerprint density at radius 2 is 1.56 bits per heavy atom. The summed E-state index contributed by atoms with van der Waals surface area (Å²) in [6, 6.07) is 17.2. The average Bonchev–Trinajstić information content (AvgIpc) is 2.96. The van der Waals surface area contributed by atoms with Gasteiger partial charge in [0.1, 0.15) is 22.9 Å². The maximum atomic E-state index is 12.9. The van der Waals surface area contributed by atoms with Crippen molar-refractivity contribution in [2.45, 2.75) is 50.2 Å². The van der Waals surface area contributed by atoms with Crippen LogP contribution in [0, 0.1) is 5.92 Å². The highest BCUT2D eigenvalue weighted by molar-refractivity contribution is 5.76. The van der Waals surface area contributed by atoms with Gasteiger partial charge in [0.15, 0.2) is 0 Å². The molecule has 8 heteroatoms. The van der Waals surface area contributed by atoms with Gasteiger partial charge in [-0.3, -0.25) is 9.59 Å². The number of ether oxygens (including phenoxy) is 2. The van der Waals surface area contributed by atoms with Crippen LogP contribution in [0.4, 0.5) is 11.4 Å². The molecule has 0 aromatic heterocycles. The number of methoxy groups -OCH3 is 1. The van der Waals surface area contributed by atoms with E-state index in [4.69, 9.17) is 15.2 Å². The lowest BCUT2D eigenvalue weighted by atomic mass is 9.73. The molecule has 3 aromatic rings. The summed E-state index contributed by atoms with van der Waals surface area (Å²) in [7, 11) is 1.66. The van der Waals surface area contributed by atoms with Gasteiger partial charge in [-0.1, -0.05) is 36.4 Å². The fourth-order valence-corrected chi connectivity index (χ4v) is 6.31. The van der Waals surface area contributed by atoms with E-state index in [0.29, 0.717) is 62.0 Å². The summed E-state index contributed by atoms with van der Waals surface area (Å²) in [6.07, 6.45) is 4.57. The van der Waals surface area contributed by atoms with Gasteiger partial charge < -0.3 is 30.1 Å². The molecular weight excluding hydrogens is 494 g/mol. The van der Waals surface area contributed by atoms with Crippen LogP contribution in [0.25, 0.3) is 0 Å². The molecule has 3 atom stereocenters. The van der Waals surface area contributed by atoms with Crippen LogP contribution in [0.3, 0.4) is 0 Å². The first-order chi connectivity index (χ1) is 18.9. The second kappa shape index (κ2) is 11.9. The molecule has 2 aliphatic heterocycles. The smallest absolute Gasteiger partial charge is 0.253 e. The molecule has 3 N–H and O–H groups in total. The number of anilines is 2. The summed E-state index contributed by atoms with van der Waals surface area (Å²) in [4.78, 5) is 29.6. The van der Waals surface area contributed by atoms with Crippen LogP contribution in [0.2, 0.25) is 0 Å². The van der Waals surface area contributed by atoms with Crippen molar-refractivity contribution in [1.29, 1.82) is 0 Å². The molecule has 0 amide bonds. The Balaban J connectivity index is 1.46. The van der Waals surface area contributed by atoms with Crippen LogP contribution < -0.4 is 31.1 Å². The summed E-state index contributed by atoms with van der Waals surface area (Å²) in [5.74, 6) is 1.13. The molecule has 0 spiro atoms. The molecule has 8 nitrogen and oxygen atoms in total. The van der Waals surface area contributed by atoms with Crippen LogP contribution in [-0.2, 0) is 10.3 Å². The van der Waals surface area contributed by atoms with Crippen molar-refractivity contribution >= 4 is 11.4 Å². The van der Waals surface area contributed by atoms with Gasteiger partial charge in [-0.15, -0.1) is 0 Å². The van der Waals surface area contributed by atoms with Gasteiger partial charge in [0, 0.05) is 57.4 Å². The SMILES string of the molecule is COCCC[C@@](O)(c1ccccc1Oc1ccccc1)[C@@H]1CCCN(c2c(N3CCC[C@H](N)C3)c(=O)c2=O)C1. The lowest BCUT2D eigenvalue weighted by Crippen LogP contribution is -2.54. The Kier molecular flexibility index (Phi) is 8.35. The van der Waals surface area contributed by atoms with Crippen LogP contribution in [0.5, 0.6) is 11.5 Å². The molecule has 2 saturated heterocycles. The van der Waals surface area contributed by atoms with Crippen LogP contribution in [-0.4, -0.2) is 51.0 Å². The third-order valence-electron chi connectivity index (χ3n) is 8.28. The summed E-state index contributed by atoms with van der Waals surface area (Å²) in [5, 5.41) is 12.5. The Morgan fingerprint density at radius 3 is 2.26 bits per heavy atom. The monoisotopic (exact) mass is 533 g/mol. The topological polar surface area (TPSA) is 105 Å². The Hall–Kier alpha value is -3.20. The standard InChI is InChI=1S/C31H39N3O5/c1-38-19-9-16-31(37,25-14-5-6-15-26(25)39-24-12-3-2-4-13-24)22-10-7-17-33(20-22)27-28(30(36)29(27)35)34-18-8-11-23(32)21-34/h2-6,12-15,22-23,37H,7-11,16-21,32H2,1H3/t22-,23+,31+/m1/s1. The Labute approximate surface area is 229 Å². The number of nitrogens with two attached hydrogens (primary N) is 1. The van der Waals surface area contributed by atoms with Gasteiger partial charge in [-0.25, -0.2) is 0 Å². The molecular formula is C31H39N3O5. The maximum Gasteiger partial charge on any atom is 0.253 e. The number of para-hydroxylation sites is 2. The fraction of sp³-hybridized carbons (Fsp3) is 0.484. The first-order valence-corrected chi connectivity index (χ1v) is 14.0. The molecule has 208 valence electrons. The summed E-state index contributed by atoms with van der Waals surface area (Å²) in [6.45, 7) is 2.98. The zero-order valence-electron chi connectivity index (χ0n) is 22.7. The fourth-order valence-electron chi connectivity index (χ4n) is 6.31. The number of hydrogen-bond acceptors (Lipinski definition) is 8. The van der Waals surface area contributed by atoms with Crippen LogP contribution in [0.15, 0.2) is 64.2 Å². The first kappa shape index (κ1) is 27.4. The summed E-state index contributed by atoms with van der Waals surface area (Å²) < 4.78 is 11.6. The second-order valence-corrected chi connectivity index (χ2v) is 10.9. The largest absolute Gasteiger partial charge is 0.457 e. The highest BCUT2D eigenvalue weighted by Gasteiger charge is 2.44. The Bertz CT molecular complexity index is 1320. The van der Waals surface area contributed by atoms with Crippen molar-refractivity contribution in [2.24, 2.45) is 11.7 Å². The van der Waals surface area contributed by atoms with Crippen molar-refractivity contribution in [3.8, 4) is 11.5 Å². The van der Waals surface area contributed by atoms with Gasteiger partial charge in [0.2, 0.25) is 0 Å². The van der Waals surface area contributed by atoms with Gasteiger partial charge in [-0.2, -0.15) is 0 Å². The number of aliphatic hydroxyl groups is 1. The zero-order chi connectivity index (χ0) is 27.4. The van der Waals surface area contributed by atoms with E-state index < -0.39 is 16.5 Å². The highest BCUT2D eigenvalue weighted by Crippen LogP contribution is 2.45. The van der Waals surface area contributed by atoms with Crippen molar-refractivity contribution in [3.63, 3.8) is 0 Å². The molecule has 2 aliphatic rings. The van der Waals surface area contributed by atoms with E-state index in [9.17, 15) is 14.7 Å². The van der Waals surface area contributed by atoms with E-state index in [1.54, 1.807) is 7.11 Å². The molecule has 39 heavy (non-hydrogen) atoms. The maximum absolute atomic E-state index is 12.9. The molecule has 2 fully saturated rings.